The molecular formula is C9H21Br2HgP. The maximum atomic E-state index is 4.02. The van der Waals surface area contributed by atoms with Crippen LogP contribution in [0.3, 0.4) is 0 Å². The van der Waals surface area contributed by atoms with E-state index in [1.54, 1.807) is 0 Å². The summed E-state index contributed by atoms with van der Waals surface area (Å²) in [5, 5.41) is 0. The van der Waals surface area contributed by atoms with Gasteiger partial charge in [-0.05, 0) is 0 Å². The average Bonchev–Trinajstić information content (AvgIpc) is 1.86. The second-order valence-corrected chi connectivity index (χ2v) is 21.9. The summed E-state index contributed by atoms with van der Waals surface area (Å²) >= 11 is 8.03. The zero-order valence-electron chi connectivity index (χ0n) is 9.15. The quantitative estimate of drug-likeness (QED) is 0.326. The summed E-state index contributed by atoms with van der Waals surface area (Å²) in [7, 11) is 0. The fourth-order valence-corrected chi connectivity index (χ4v) is 11.8. The topological polar surface area (TPSA) is 0 Å². The normalized spacial score (nSPS) is 14.4. The van der Waals surface area contributed by atoms with E-state index in [1.165, 1.54) is 37.7 Å². The van der Waals surface area contributed by atoms with Crippen LogP contribution in [0.5, 0.6) is 0 Å². The molecule has 0 fully saturated rings. The van der Waals surface area contributed by atoms with E-state index in [4.69, 9.17) is 0 Å². The summed E-state index contributed by atoms with van der Waals surface area (Å²) in [5.41, 5.74) is 0. The molecule has 13 heavy (non-hydrogen) atoms. The van der Waals surface area contributed by atoms with E-state index >= 15 is 0 Å². The van der Waals surface area contributed by atoms with E-state index in [0.29, 0.717) is 0 Å². The van der Waals surface area contributed by atoms with Gasteiger partial charge in [0.05, 0.1) is 0 Å². The molecule has 0 nitrogen and oxygen atoms in total. The minimum atomic E-state index is -1.59. The summed E-state index contributed by atoms with van der Waals surface area (Å²) in [6.45, 7) is 6.82. The van der Waals surface area contributed by atoms with E-state index in [1.807, 2.05) is 0 Å². The van der Waals surface area contributed by atoms with Crippen LogP contribution in [-0.4, -0.2) is 18.5 Å². The van der Waals surface area contributed by atoms with Crippen molar-refractivity contribution >= 4 is 35.0 Å². The third-order valence-corrected chi connectivity index (χ3v) is 12.8. The van der Waals surface area contributed by atoms with E-state index in [-0.39, 0.29) is 27.7 Å². The van der Waals surface area contributed by atoms with Crippen LogP contribution in [0, 0.1) is 0 Å². The van der Waals surface area contributed by atoms with Gasteiger partial charge in [0.2, 0.25) is 0 Å². The van der Waals surface area contributed by atoms with E-state index in [2.05, 4.69) is 51.7 Å². The van der Waals surface area contributed by atoms with E-state index in [9.17, 15) is 0 Å². The zero-order valence-corrected chi connectivity index (χ0v) is 18.7. The van der Waals surface area contributed by atoms with Crippen LogP contribution in [0.4, 0.5) is 0 Å². The fourth-order valence-electron chi connectivity index (χ4n) is 1.79. The molecular weight excluding hydrogens is 499 g/mol. The Labute approximate surface area is 120 Å². The van der Waals surface area contributed by atoms with Crippen LogP contribution in [0.2, 0.25) is 0 Å². The summed E-state index contributed by atoms with van der Waals surface area (Å²) in [5.74, 6) is 0. The van der Waals surface area contributed by atoms with Crippen LogP contribution < -0.4 is 0 Å². The molecule has 0 aliphatic heterocycles. The number of hydrogen-bond donors (Lipinski definition) is 0. The molecule has 0 rings (SSSR count). The van der Waals surface area contributed by atoms with Crippen LogP contribution in [0.15, 0.2) is 0 Å². The van der Waals surface area contributed by atoms with Crippen molar-refractivity contribution in [1.82, 2.24) is 0 Å². The van der Waals surface area contributed by atoms with Gasteiger partial charge in [-0.15, -0.1) is 0 Å². The Hall–Kier alpha value is 2.33. The molecule has 0 saturated carbocycles. The van der Waals surface area contributed by atoms with Gasteiger partial charge in [0.15, 0.2) is 0 Å². The molecule has 0 atom stereocenters. The maximum absolute atomic E-state index is 4.02. The molecule has 4 heteroatoms. The Kier molecular flexibility index (Phi) is 10.3. The number of halogens is 2. The van der Waals surface area contributed by atoms with Gasteiger partial charge < -0.3 is 0 Å². The molecule has 0 radical (unpaired) electrons. The van der Waals surface area contributed by atoms with Crippen LogP contribution in [0.25, 0.3) is 0 Å². The van der Waals surface area contributed by atoms with Crippen LogP contribution >= 0.6 is 35.0 Å². The van der Waals surface area contributed by atoms with E-state index < -0.39 is 4.01 Å². The maximum Gasteiger partial charge on any atom is 0 e. The average molecular weight is 521 g/mol. The monoisotopic (exact) mass is 520 g/mol. The molecule has 78 valence electrons. The second-order valence-electron chi connectivity index (χ2n) is 3.62. The Morgan fingerprint density at radius 1 is 0.769 bits per heavy atom. The summed E-state index contributed by atoms with van der Waals surface area (Å²) < 4.78 is -1.59. The van der Waals surface area contributed by atoms with Crippen molar-refractivity contribution in [1.29, 1.82) is 0 Å². The summed E-state index contributed by atoms with van der Waals surface area (Å²) in [4.78, 5) is 0. The molecule has 0 amide bonds. The van der Waals surface area contributed by atoms with Crippen molar-refractivity contribution in [3.8, 4) is 0 Å². The van der Waals surface area contributed by atoms with Gasteiger partial charge in [-0.3, -0.25) is 0 Å². The minimum absolute atomic E-state index is 0. The second kappa shape index (κ2) is 7.57. The largest absolute Gasteiger partial charge is 0 e. The van der Waals surface area contributed by atoms with Gasteiger partial charge in [0.25, 0.3) is 0 Å². The molecule has 0 aromatic carbocycles. The Morgan fingerprint density at radius 2 is 1.00 bits per heavy atom. The van der Waals surface area contributed by atoms with Gasteiger partial charge in [0.1, 0.15) is 0 Å². The third kappa shape index (κ3) is 7.25. The van der Waals surface area contributed by atoms with Gasteiger partial charge in [-0.25, -0.2) is 0 Å². The van der Waals surface area contributed by atoms with Crippen molar-refractivity contribution in [2.24, 2.45) is 0 Å². The van der Waals surface area contributed by atoms with Crippen LogP contribution in [-0.2, 0) is 27.7 Å². The molecule has 0 saturated heterocycles. The third-order valence-electron chi connectivity index (χ3n) is 2.13. The minimum Gasteiger partial charge on any atom is 0 e. The molecule has 0 N–H and O–H groups in total. The standard InChI is InChI=1S/C9H21Br2P.Hg/c1-4-7-12(10,11,8-5-2)9-6-3;/h4-9H2,1-3H3;. The van der Waals surface area contributed by atoms with Crippen molar-refractivity contribution in [3.05, 3.63) is 0 Å². The molecule has 0 spiro atoms. The molecule has 0 unspecified atom stereocenters. The fraction of sp³-hybridized carbons (Fsp3) is 1.00. The van der Waals surface area contributed by atoms with Gasteiger partial charge in [-0.1, -0.05) is 0 Å². The van der Waals surface area contributed by atoms with Crippen molar-refractivity contribution in [2.45, 2.75) is 40.0 Å². The summed E-state index contributed by atoms with van der Waals surface area (Å²) in [6, 6.07) is 0. The Bertz CT molecular complexity index is 116. The SMILES string of the molecule is CCCP(Br)(Br)(CCC)CCC.[Hg]. The molecule has 0 aliphatic rings. The van der Waals surface area contributed by atoms with Crippen molar-refractivity contribution in [3.63, 3.8) is 0 Å². The molecule has 0 heterocycles. The van der Waals surface area contributed by atoms with Crippen molar-refractivity contribution in [2.75, 3.05) is 18.5 Å². The molecule has 0 aromatic rings. The number of rotatable bonds is 6. The smallest absolute Gasteiger partial charge is 0 e. The first-order valence-corrected chi connectivity index (χ1v) is 11.7. The molecule has 0 aliphatic carbocycles. The van der Waals surface area contributed by atoms with Gasteiger partial charge >= 0.3 is 93.5 Å². The van der Waals surface area contributed by atoms with Crippen molar-refractivity contribution < 1.29 is 27.7 Å². The molecule has 0 bridgehead atoms. The van der Waals surface area contributed by atoms with Gasteiger partial charge in [-0.2, -0.15) is 0 Å². The van der Waals surface area contributed by atoms with E-state index in [0.717, 1.165) is 0 Å². The molecule has 0 aromatic heterocycles. The zero-order chi connectivity index (χ0) is 9.69. The predicted octanol–water partition coefficient (Wildman–Crippen LogP) is 5.39. The summed E-state index contributed by atoms with van der Waals surface area (Å²) in [6.07, 6.45) is 7.88. The first-order chi connectivity index (χ1) is 5.46. The number of hydrogen-bond acceptors (Lipinski definition) is 0. The van der Waals surface area contributed by atoms with Crippen LogP contribution in [0.1, 0.15) is 40.0 Å². The predicted molar refractivity (Wildman–Crippen MR) is 70.2 cm³/mol. The first-order valence-electron chi connectivity index (χ1n) is 4.91. The Morgan fingerprint density at radius 3 is 1.15 bits per heavy atom. The van der Waals surface area contributed by atoms with Gasteiger partial charge in [0, 0.05) is 27.7 Å². The first kappa shape index (κ1) is 17.7. The Balaban J connectivity index is 0.